The second kappa shape index (κ2) is 11.8. The molecule has 1 aromatic rings. The molecule has 0 radical (unpaired) electrons. The lowest BCUT2D eigenvalue weighted by atomic mass is 9.66. The highest BCUT2D eigenvalue weighted by Gasteiger charge is 2.32. The zero-order valence-electron chi connectivity index (χ0n) is 20.1. The van der Waals surface area contributed by atoms with Crippen molar-refractivity contribution in [1.82, 2.24) is 4.90 Å². The van der Waals surface area contributed by atoms with E-state index in [4.69, 9.17) is 0 Å². The Labute approximate surface area is 181 Å². The van der Waals surface area contributed by atoms with Crippen LogP contribution in [-0.4, -0.2) is 23.5 Å². The molecule has 0 unspecified atom stereocenters. The molecule has 1 nitrogen and oxygen atoms in total. The summed E-state index contributed by atoms with van der Waals surface area (Å²) in [6.07, 6.45) is 11.6. The highest BCUT2D eigenvalue weighted by atomic mass is 15.2. The second-order valence-electron chi connectivity index (χ2n) is 9.79. The summed E-state index contributed by atoms with van der Waals surface area (Å²) in [5, 5.41) is 0. The summed E-state index contributed by atoms with van der Waals surface area (Å²) in [6.45, 7) is 15.1. The number of unbranched alkanes of at least 4 members (excludes halogenated alkanes) is 2. The average Bonchev–Trinajstić information content (AvgIpc) is 2.73. The Hall–Kier alpha value is -1.26. The fourth-order valence-electron chi connectivity index (χ4n) is 5.14. The molecule has 162 valence electrons. The molecule has 1 aromatic carbocycles. The van der Waals surface area contributed by atoms with Crippen LogP contribution in [0, 0.1) is 17.3 Å². The van der Waals surface area contributed by atoms with Gasteiger partial charge in [-0.25, -0.2) is 0 Å². The van der Waals surface area contributed by atoms with Gasteiger partial charge in [-0.05, 0) is 102 Å². The van der Waals surface area contributed by atoms with Crippen molar-refractivity contribution >= 4 is 0 Å². The highest BCUT2D eigenvalue weighted by molar-refractivity contribution is 5.37. The van der Waals surface area contributed by atoms with Crippen molar-refractivity contribution in [2.24, 2.45) is 5.41 Å². The predicted molar refractivity (Wildman–Crippen MR) is 128 cm³/mol. The van der Waals surface area contributed by atoms with Crippen LogP contribution in [0.15, 0.2) is 24.3 Å². The molecule has 1 fully saturated rings. The van der Waals surface area contributed by atoms with Gasteiger partial charge in [-0.1, -0.05) is 50.7 Å². The number of nitrogens with zero attached hydrogens (tertiary/aromatic N) is 1. The van der Waals surface area contributed by atoms with Crippen LogP contribution in [0.2, 0.25) is 0 Å². The van der Waals surface area contributed by atoms with Gasteiger partial charge >= 0.3 is 0 Å². The first-order chi connectivity index (χ1) is 13.9. The minimum atomic E-state index is 0.628. The maximum atomic E-state index is 3.39. The third-order valence-corrected chi connectivity index (χ3v) is 7.46. The largest absolute Gasteiger partial charge is 0.299 e. The van der Waals surface area contributed by atoms with E-state index in [1.54, 1.807) is 0 Å². The van der Waals surface area contributed by atoms with Gasteiger partial charge < -0.3 is 0 Å². The molecule has 29 heavy (non-hydrogen) atoms. The first kappa shape index (κ1) is 24.0. The van der Waals surface area contributed by atoms with Crippen LogP contribution < -0.4 is 0 Å². The van der Waals surface area contributed by atoms with Gasteiger partial charge in [0.1, 0.15) is 0 Å². The van der Waals surface area contributed by atoms with Crippen molar-refractivity contribution < 1.29 is 0 Å². The van der Waals surface area contributed by atoms with E-state index in [0.717, 1.165) is 12.3 Å². The van der Waals surface area contributed by atoms with Crippen molar-refractivity contribution in [1.29, 1.82) is 0 Å². The Morgan fingerprint density at radius 3 is 2.03 bits per heavy atom. The van der Waals surface area contributed by atoms with Crippen LogP contribution in [-0.2, 0) is 0 Å². The predicted octanol–water partition coefficient (Wildman–Crippen LogP) is 7.79. The molecule has 0 saturated heterocycles. The second-order valence-corrected chi connectivity index (χ2v) is 9.79. The molecule has 0 aromatic heterocycles. The van der Waals surface area contributed by atoms with Crippen molar-refractivity contribution in [2.75, 3.05) is 6.54 Å². The van der Waals surface area contributed by atoms with Crippen molar-refractivity contribution in [2.45, 2.75) is 117 Å². The molecule has 0 atom stereocenters. The lowest BCUT2D eigenvalue weighted by Crippen LogP contribution is -2.37. The van der Waals surface area contributed by atoms with Gasteiger partial charge in [0.05, 0.1) is 0 Å². The number of rotatable bonds is 9. The van der Waals surface area contributed by atoms with Crippen LogP contribution in [0.25, 0.3) is 0 Å². The smallest absolute Gasteiger partial charge is 0.0245 e. The maximum Gasteiger partial charge on any atom is 0.0245 e. The molecule has 0 spiro atoms. The highest BCUT2D eigenvalue weighted by Crippen LogP contribution is 2.46. The maximum absolute atomic E-state index is 3.39. The molecular formula is C28H45N. The fourth-order valence-corrected chi connectivity index (χ4v) is 5.14. The summed E-state index contributed by atoms with van der Waals surface area (Å²) in [7, 11) is 0. The zero-order valence-corrected chi connectivity index (χ0v) is 20.1. The Morgan fingerprint density at radius 1 is 0.931 bits per heavy atom. The van der Waals surface area contributed by atoms with Gasteiger partial charge in [-0.15, -0.1) is 0 Å². The summed E-state index contributed by atoms with van der Waals surface area (Å²) in [4.78, 5) is 2.57. The van der Waals surface area contributed by atoms with E-state index in [-0.39, 0.29) is 0 Å². The van der Waals surface area contributed by atoms with E-state index in [0.29, 0.717) is 17.5 Å². The van der Waals surface area contributed by atoms with E-state index >= 15 is 0 Å². The van der Waals surface area contributed by atoms with Gasteiger partial charge in [-0.3, -0.25) is 4.90 Å². The van der Waals surface area contributed by atoms with E-state index in [1.807, 2.05) is 0 Å². The monoisotopic (exact) mass is 395 g/mol. The molecule has 0 heterocycles. The van der Waals surface area contributed by atoms with Gasteiger partial charge in [0.2, 0.25) is 0 Å². The molecule has 1 heteroatoms. The molecule has 1 aliphatic rings. The topological polar surface area (TPSA) is 3.24 Å². The molecule has 0 N–H and O–H groups in total. The van der Waals surface area contributed by atoms with Crippen LogP contribution in [0.3, 0.4) is 0 Å². The first-order valence-electron chi connectivity index (χ1n) is 12.3. The molecule has 0 amide bonds. The summed E-state index contributed by atoms with van der Waals surface area (Å²) in [5.74, 6) is 7.52. The van der Waals surface area contributed by atoms with Crippen LogP contribution in [0.4, 0.5) is 0 Å². The Morgan fingerprint density at radius 2 is 1.52 bits per heavy atom. The summed E-state index contributed by atoms with van der Waals surface area (Å²) < 4.78 is 0. The first-order valence-corrected chi connectivity index (χ1v) is 12.3. The number of benzene rings is 1. The molecular weight excluding hydrogens is 350 g/mol. The minimum absolute atomic E-state index is 0.628. The minimum Gasteiger partial charge on any atom is -0.299 e. The Kier molecular flexibility index (Phi) is 9.78. The van der Waals surface area contributed by atoms with Gasteiger partial charge in [0, 0.05) is 24.1 Å². The number of hydrogen-bond donors (Lipinski definition) is 0. The van der Waals surface area contributed by atoms with Crippen molar-refractivity contribution in [3.8, 4) is 11.8 Å². The van der Waals surface area contributed by atoms with E-state index in [9.17, 15) is 0 Å². The van der Waals surface area contributed by atoms with Crippen LogP contribution in [0.5, 0.6) is 0 Å². The zero-order chi connectivity index (χ0) is 21.3. The normalized spacial score (nSPS) is 17.0. The third kappa shape index (κ3) is 7.18. The quantitative estimate of drug-likeness (QED) is 0.304. The van der Waals surface area contributed by atoms with Gasteiger partial charge in [-0.2, -0.15) is 0 Å². The summed E-state index contributed by atoms with van der Waals surface area (Å²) in [5.41, 5.74) is 3.33. The van der Waals surface area contributed by atoms with E-state index in [1.165, 1.54) is 69.0 Å². The fraction of sp³-hybridized carbons (Fsp3) is 0.714. The number of hydrogen-bond acceptors (Lipinski definition) is 1. The Balaban J connectivity index is 1.76. The van der Waals surface area contributed by atoms with Crippen molar-refractivity contribution in [3.05, 3.63) is 35.4 Å². The lowest BCUT2D eigenvalue weighted by molar-refractivity contribution is 0.159. The molecule has 0 bridgehead atoms. The van der Waals surface area contributed by atoms with Crippen LogP contribution in [0.1, 0.15) is 116 Å². The molecule has 1 saturated carbocycles. The average molecular weight is 396 g/mol. The SMILES string of the molecule is CCC1(CC)CCC(c2ccc(C#CCCCCN(C(C)C)C(C)C)cc2)CC1. The van der Waals surface area contributed by atoms with Crippen molar-refractivity contribution in [3.63, 3.8) is 0 Å². The Bertz CT molecular complexity index is 621. The van der Waals surface area contributed by atoms with E-state index in [2.05, 4.69) is 82.5 Å². The summed E-state index contributed by atoms with van der Waals surface area (Å²) in [6, 6.07) is 10.4. The third-order valence-electron chi connectivity index (χ3n) is 7.46. The van der Waals surface area contributed by atoms with Gasteiger partial charge in [0.15, 0.2) is 0 Å². The lowest BCUT2D eigenvalue weighted by Gasteiger charge is -2.39. The van der Waals surface area contributed by atoms with Gasteiger partial charge in [0.25, 0.3) is 0 Å². The van der Waals surface area contributed by atoms with E-state index < -0.39 is 0 Å². The molecule has 0 aliphatic heterocycles. The summed E-state index contributed by atoms with van der Waals surface area (Å²) >= 11 is 0. The molecule has 1 aliphatic carbocycles. The standard InChI is InChI=1S/C28H45N/c1-7-28(8-2)20-18-27(19-21-28)26-16-14-25(15-17-26)13-11-9-10-12-22-29(23(3)4)24(5)6/h14-17,23-24,27H,7-10,12,18-22H2,1-6H3. The van der Waals surface area contributed by atoms with Crippen LogP contribution >= 0.6 is 0 Å². The molecule has 2 rings (SSSR count).